The van der Waals surface area contributed by atoms with Gasteiger partial charge in [-0.05, 0) is 48.6 Å². The van der Waals surface area contributed by atoms with E-state index in [1.54, 1.807) is 20.4 Å². The van der Waals surface area contributed by atoms with Gasteiger partial charge in [0.2, 0.25) is 0 Å². The number of methoxy groups -OCH3 is 2. The molecule has 1 saturated carbocycles. The molecule has 6 heteroatoms. The Balaban J connectivity index is 1.67. The summed E-state index contributed by atoms with van der Waals surface area (Å²) in [5, 5.41) is 7.02. The molecule has 0 spiro atoms. The van der Waals surface area contributed by atoms with Crippen molar-refractivity contribution in [3.05, 3.63) is 53.9 Å². The second kappa shape index (κ2) is 10.9. The Bertz CT molecular complexity index is 817. The molecule has 0 atom stereocenters. The van der Waals surface area contributed by atoms with Gasteiger partial charge in [0.05, 0.1) is 14.2 Å². The van der Waals surface area contributed by atoms with Crippen LogP contribution in [0, 0.1) is 0 Å². The Labute approximate surface area is 180 Å². The number of ether oxygens (including phenoxy) is 2. The lowest BCUT2D eigenvalue weighted by Gasteiger charge is -2.38. The summed E-state index contributed by atoms with van der Waals surface area (Å²) in [6.45, 7) is 1.66. The standard InChI is InChI=1S/C24H34N4O2/c1-25-23(27-15-11-19-8-7-14-26-17-19)28-18-24(12-5-4-6-13-24)20-9-10-21(29-2)22(16-20)30-3/h7-10,14,16-17H,4-6,11-13,15,18H2,1-3H3,(H2,25,27,28). The van der Waals surface area contributed by atoms with Crippen molar-refractivity contribution in [2.45, 2.75) is 43.9 Å². The normalized spacial score (nSPS) is 16.0. The Kier molecular flexibility index (Phi) is 7.94. The van der Waals surface area contributed by atoms with E-state index in [-0.39, 0.29) is 5.41 Å². The van der Waals surface area contributed by atoms with Crippen molar-refractivity contribution in [2.75, 3.05) is 34.4 Å². The van der Waals surface area contributed by atoms with Crippen LogP contribution in [0.3, 0.4) is 0 Å². The summed E-state index contributed by atoms with van der Waals surface area (Å²) in [7, 11) is 5.20. The largest absolute Gasteiger partial charge is 0.493 e. The van der Waals surface area contributed by atoms with Crippen molar-refractivity contribution in [3.8, 4) is 11.5 Å². The molecule has 0 radical (unpaired) electrons. The number of aromatic nitrogens is 1. The van der Waals surface area contributed by atoms with Crippen LogP contribution in [0.25, 0.3) is 0 Å². The number of guanidine groups is 1. The Morgan fingerprint density at radius 2 is 1.87 bits per heavy atom. The summed E-state index contributed by atoms with van der Waals surface area (Å²) in [6, 6.07) is 10.4. The highest BCUT2D eigenvalue weighted by atomic mass is 16.5. The molecule has 1 aromatic heterocycles. The van der Waals surface area contributed by atoms with E-state index in [9.17, 15) is 0 Å². The number of pyridine rings is 1. The molecule has 6 nitrogen and oxygen atoms in total. The van der Waals surface area contributed by atoms with Crippen LogP contribution in [0.2, 0.25) is 0 Å². The molecular formula is C24H34N4O2. The SMILES string of the molecule is CN=C(NCCc1cccnc1)NCC1(c2ccc(OC)c(OC)c2)CCCCC1. The van der Waals surface area contributed by atoms with E-state index in [4.69, 9.17) is 9.47 Å². The van der Waals surface area contributed by atoms with Gasteiger partial charge in [-0.3, -0.25) is 9.98 Å². The topological polar surface area (TPSA) is 67.8 Å². The number of hydrogen-bond donors (Lipinski definition) is 2. The molecule has 0 aliphatic heterocycles. The third-order valence-electron chi connectivity index (χ3n) is 6.05. The first-order chi connectivity index (χ1) is 14.7. The molecule has 0 saturated heterocycles. The van der Waals surface area contributed by atoms with Gasteiger partial charge in [-0.25, -0.2) is 0 Å². The van der Waals surface area contributed by atoms with Crippen LogP contribution >= 0.6 is 0 Å². The third-order valence-corrected chi connectivity index (χ3v) is 6.05. The van der Waals surface area contributed by atoms with Crippen molar-refractivity contribution >= 4 is 5.96 Å². The fourth-order valence-electron chi connectivity index (χ4n) is 4.31. The van der Waals surface area contributed by atoms with E-state index in [1.807, 2.05) is 25.4 Å². The second-order valence-electron chi connectivity index (χ2n) is 7.87. The molecule has 0 bridgehead atoms. The zero-order valence-electron chi connectivity index (χ0n) is 18.4. The predicted octanol–water partition coefficient (Wildman–Crippen LogP) is 3.71. The van der Waals surface area contributed by atoms with Gasteiger partial charge in [-0.2, -0.15) is 0 Å². The molecule has 3 rings (SSSR count). The van der Waals surface area contributed by atoms with Crippen molar-refractivity contribution < 1.29 is 9.47 Å². The molecule has 1 aliphatic carbocycles. The second-order valence-corrected chi connectivity index (χ2v) is 7.87. The average Bonchev–Trinajstić information content (AvgIpc) is 2.82. The molecule has 30 heavy (non-hydrogen) atoms. The summed E-state index contributed by atoms with van der Waals surface area (Å²) in [6.07, 6.45) is 10.7. The summed E-state index contributed by atoms with van der Waals surface area (Å²) >= 11 is 0. The van der Waals surface area contributed by atoms with Crippen LogP contribution in [0.5, 0.6) is 11.5 Å². The van der Waals surface area contributed by atoms with Crippen molar-refractivity contribution in [2.24, 2.45) is 4.99 Å². The van der Waals surface area contributed by atoms with Crippen molar-refractivity contribution in [1.29, 1.82) is 0 Å². The molecule has 0 unspecified atom stereocenters. The predicted molar refractivity (Wildman–Crippen MR) is 122 cm³/mol. The summed E-state index contributed by atoms with van der Waals surface area (Å²) < 4.78 is 11.0. The number of rotatable bonds is 8. The van der Waals surface area contributed by atoms with Gasteiger partial charge in [0.1, 0.15) is 0 Å². The van der Waals surface area contributed by atoms with Gasteiger partial charge in [0, 0.05) is 37.9 Å². The maximum absolute atomic E-state index is 5.57. The Morgan fingerprint density at radius 1 is 1.07 bits per heavy atom. The van der Waals surface area contributed by atoms with E-state index in [0.717, 1.165) is 49.8 Å². The molecule has 1 heterocycles. The zero-order chi connectivity index (χ0) is 21.2. The Morgan fingerprint density at radius 3 is 2.53 bits per heavy atom. The minimum Gasteiger partial charge on any atom is -0.493 e. The maximum Gasteiger partial charge on any atom is 0.191 e. The number of benzene rings is 1. The summed E-state index contributed by atoms with van der Waals surface area (Å²) in [5.74, 6) is 2.40. The van der Waals surface area contributed by atoms with Crippen LogP contribution in [0.1, 0.15) is 43.2 Å². The molecule has 1 fully saturated rings. The van der Waals surface area contributed by atoms with E-state index in [1.165, 1.54) is 30.4 Å². The van der Waals surface area contributed by atoms with E-state index >= 15 is 0 Å². The lowest BCUT2D eigenvalue weighted by molar-refractivity contribution is 0.288. The first kappa shape index (κ1) is 21.9. The fraction of sp³-hybridized carbons (Fsp3) is 0.500. The van der Waals surface area contributed by atoms with Crippen molar-refractivity contribution in [1.82, 2.24) is 15.6 Å². The number of aliphatic imine (C=N–C) groups is 1. The molecule has 1 aliphatic rings. The molecule has 0 amide bonds. The van der Waals surface area contributed by atoms with Gasteiger partial charge in [0.15, 0.2) is 17.5 Å². The highest BCUT2D eigenvalue weighted by molar-refractivity contribution is 5.79. The quantitative estimate of drug-likeness (QED) is 0.513. The fourth-order valence-corrected chi connectivity index (χ4v) is 4.31. The highest BCUT2D eigenvalue weighted by Gasteiger charge is 2.34. The smallest absolute Gasteiger partial charge is 0.191 e. The van der Waals surface area contributed by atoms with Gasteiger partial charge < -0.3 is 20.1 Å². The van der Waals surface area contributed by atoms with Crippen LogP contribution in [0.4, 0.5) is 0 Å². The molecular weight excluding hydrogens is 376 g/mol. The number of nitrogens with zero attached hydrogens (tertiary/aromatic N) is 2. The van der Waals surface area contributed by atoms with Crippen molar-refractivity contribution in [3.63, 3.8) is 0 Å². The Hall–Kier alpha value is -2.76. The zero-order valence-corrected chi connectivity index (χ0v) is 18.4. The number of hydrogen-bond acceptors (Lipinski definition) is 4. The molecule has 2 aromatic rings. The lowest BCUT2D eigenvalue weighted by Crippen LogP contribution is -2.47. The first-order valence-electron chi connectivity index (χ1n) is 10.8. The van der Waals surface area contributed by atoms with Crippen LogP contribution < -0.4 is 20.1 Å². The average molecular weight is 411 g/mol. The van der Waals surface area contributed by atoms with Crippen LogP contribution in [-0.4, -0.2) is 45.3 Å². The van der Waals surface area contributed by atoms with Crippen LogP contribution in [0.15, 0.2) is 47.7 Å². The number of nitrogens with one attached hydrogen (secondary N) is 2. The molecule has 2 N–H and O–H groups in total. The molecule has 1 aromatic carbocycles. The van der Waals surface area contributed by atoms with E-state index < -0.39 is 0 Å². The lowest BCUT2D eigenvalue weighted by atomic mass is 9.69. The molecule has 162 valence electrons. The highest BCUT2D eigenvalue weighted by Crippen LogP contribution is 2.42. The van der Waals surface area contributed by atoms with E-state index in [2.05, 4.69) is 38.8 Å². The van der Waals surface area contributed by atoms with Crippen LogP contribution in [-0.2, 0) is 11.8 Å². The van der Waals surface area contributed by atoms with Gasteiger partial charge in [-0.15, -0.1) is 0 Å². The van der Waals surface area contributed by atoms with Gasteiger partial charge in [-0.1, -0.05) is 31.4 Å². The summed E-state index contributed by atoms with van der Waals surface area (Å²) in [5.41, 5.74) is 2.59. The first-order valence-corrected chi connectivity index (χ1v) is 10.8. The summed E-state index contributed by atoms with van der Waals surface area (Å²) in [4.78, 5) is 8.60. The minimum atomic E-state index is 0.0682. The third kappa shape index (κ3) is 5.43. The van der Waals surface area contributed by atoms with Gasteiger partial charge >= 0.3 is 0 Å². The van der Waals surface area contributed by atoms with E-state index in [0.29, 0.717) is 0 Å². The monoisotopic (exact) mass is 410 g/mol. The minimum absolute atomic E-state index is 0.0682. The maximum atomic E-state index is 5.57. The van der Waals surface area contributed by atoms with Gasteiger partial charge in [0.25, 0.3) is 0 Å².